The van der Waals surface area contributed by atoms with E-state index in [1.165, 1.54) is 4.90 Å². The molecule has 5 rings (SSSR count). The van der Waals surface area contributed by atoms with E-state index in [0.29, 0.717) is 18.0 Å². The fourth-order valence-electron chi connectivity index (χ4n) is 4.12. The predicted molar refractivity (Wildman–Crippen MR) is 114 cm³/mol. The highest BCUT2D eigenvalue weighted by Gasteiger charge is 2.60. The SMILES string of the molecule is CCOc1ccccc1N1C(=O)[C@H]2[C@H](ON(c3ccccc3)[C@H]2c2cccs2)C1=O. The number of amides is 2. The van der Waals surface area contributed by atoms with E-state index in [4.69, 9.17) is 9.57 Å². The van der Waals surface area contributed by atoms with Crippen LogP contribution in [0.2, 0.25) is 0 Å². The van der Waals surface area contributed by atoms with Crippen molar-refractivity contribution >= 4 is 34.5 Å². The molecular formula is C23H20N2O4S. The van der Waals surface area contributed by atoms with Crippen molar-refractivity contribution < 1.29 is 19.2 Å². The van der Waals surface area contributed by atoms with Gasteiger partial charge in [-0.1, -0.05) is 36.4 Å². The molecule has 2 aliphatic rings. The van der Waals surface area contributed by atoms with E-state index in [0.717, 1.165) is 10.6 Å². The molecule has 0 N–H and O–H groups in total. The largest absolute Gasteiger partial charge is 0.492 e. The highest BCUT2D eigenvalue weighted by Crippen LogP contribution is 2.49. The lowest BCUT2D eigenvalue weighted by molar-refractivity contribution is -0.126. The Morgan fingerprint density at radius 1 is 0.967 bits per heavy atom. The third kappa shape index (κ3) is 2.89. The second kappa shape index (κ2) is 7.59. The van der Waals surface area contributed by atoms with Crippen molar-refractivity contribution in [3.8, 4) is 5.75 Å². The summed E-state index contributed by atoms with van der Waals surface area (Å²) >= 11 is 1.55. The molecule has 2 amide bonds. The van der Waals surface area contributed by atoms with Gasteiger partial charge in [0, 0.05) is 4.88 Å². The van der Waals surface area contributed by atoms with Crippen LogP contribution in [0.4, 0.5) is 11.4 Å². The summed E-state index contributed by atoms with van der Waals surface area (Å²) in [5, 5.41) is 3.68. The van der Waals surface area contributed by atoms with Gasteiger partial charge in [-0.2, -0.15) is 0 Å². The van der Waals surface area contributed by atoms with Crippen LogP contribution in [0, 0.1) is 5.92 Å². The number of para-hydroxylation sites is 3. The van der Waals surface area contributed by atoms with Crippen LogP contribution in [-0.4, -0.2) is 24.5 Å². The molecule has 0 saturated carbocycles. The second-order valence-electron chi connectivity index (χ2n) is 7.09. The molecule has 3 atom stereocenters. The second-order valence-corrected chi connectivity index (χ2v) is 8.07. The van der Waals surface area contributed by atoms with Gasteiger partial charge in [-0.05, 0) is 42.6 Å². The van der Waals surface area contributed by atoms with Crippen molar-refractivity contribution in [3.63, 3.8) is 0 Å². The highest BCUT2D eigenvalue weighted by molar-refractivity contribution is 7.10. The molecule has 7 heteroatoms. The zero-order valence-corrected chi connectivity index (χ0v) is 17.1. The number of fused-ring (bicyclic) bond motifs is 1. The quantitative estimate of drug-likeness (QED) is 0.579. The standard InChI is InChI=1S/C23H20N2O4S/c1-2-28-17-12-7-6-11-16(17)24-22(26)19-20(18-13-8-14-30-18)25(29-21(19)23(24)27)15-9-4-3-5-10-15/h3-14,19-21H,2H2,1H3/t19-,20+,21+/m1/s1. The summed E-state index contributed by atoms with van der Waals surface area (Å²) in [6, 6.07) is 20.2. The summed E-state index contributed by atoms with van der Waals surface area (Å²) in [4.78, 5) is 35.3. The molecule has 2 saturated heterocycles. The van der Waals surface area contributed by atoms with Gasteiger partial charge in [-0.15, -0.1) is 11.3 Å². The summed E-state index contributed by atoms with van der Waals surface area (Å²) in [5.41, 5.74) is 1.27. The van der Waals surface area contributed by atoms with Crippen LogP contribution in [0.3, 0.4) is 0 Å². The average Bonchev–Trinajstić information content (AvgIpc) is 3.48. The summed E-state index contributed by atoms with van der Waals surface area (Å²) in [6.07, 6.45) is -0.875. The fraction of sp³-hybridized carbons (Fsp3) is 0.217. The Hall–Kier alpha value is -3.16. The maximum Gasteiger partial charge on any atom is 0.266 e. The average molecular weight is 420 g/mol. The normalized spacial score (nSPS) is 23.2. The van der Waals surface area contributed by atoms with E-state index >= 15 is 0 Å². The van der Waals surface area contributed by atoms with Gasteiger partial charge >= 0.3 is 0 Å². The molecule has 0 radical (unpaired) electrons. The zero-order chi connectivity index (χ0) is 20.7. The number of hydrogen-bond acceptors (Lipinski definition) is 6. The number of nitrogens with zero attached hydrogens (tertiary/aromatic N) is 2. The van der Waals surface area contributed by atoms with Crippen LogP contribution in [0.15, 0.2) is 72.1 Å². The Morgan fingerprint density at radius 3 is 2.47 bits per heavy atom. The highest BCUT2D eigenvalue weighted by atomic mass is 32.1. The van der Waals surface area contributed by atoms with Gasteiger partial charge < -0.3 is 4.74 Å². The molecule has 2 fully saturated rings. The van der Waals surface area contributed by atoms with E-state index in [9.17, 15) is 9.59 Å². The number of hydroxylamine groups is 1. The maximum atomic E-state index is 13.6. The van der Waals surface area contributed by atoms with Gasteiger partial charge in [0.25, 0.3) is 5.91 Å². The molecule has 30 heavy (non-hydrogen) atoms. The molecular weight excluding hydrogens is 400 g/mol. The minimum absolute atomic E-state index is 0.269. The van der Waals surface area contributed by atoms with Crippen molar-refractivity contribution in [2.75, 3.05) is 16.6 Å². The number of anilines is 2. The van der Waals surface area contributed by atoms with Crippen molar-refractivity contribution in [1.82, 2.24) is 0 Å². The Kier molecular flexibility index (Phi) is 4.77. The first-order valence-electron chi connectivity index (χ1n) is 9.84. The van der Waals surface area contributed by atoms with Crippen molar-refractivity contribution in [1.29, 1.82) is 0 Å². The van der Waals surface area contributed by atoms with Gasteiger partial charge in [0.05, 0.1) is 18.0 Å². The first-order chi connectivity index (χ1) is 14.7. The van der Waals surface area contributed by atoms with Gasteiger partial charge in [-0.25, -0.2) is 9.96 Å². The van der Waals surface area contributed by atoms with Gasteiger partial charge in [0.1, 0.15) is 17.7 Å². The molecule has 0 bridgehead atoms. The molecule has 0 aliphatic carbocycles. The van der Waals surface area contributed by atoms with Crippen molar-refractivity contribution in [2.24, 2.45) is 5.92 Å². The number of carbonyl (C=O) groups is 2. The Morgan fingerprint density at radius 2 is 1.73 bits per heavy atom. The van der Waals surface area contributed by atoms with Gasteiger partial charge in [-0.3, -0.25) is 14.4 Å². The fourth-order valence-corrected chi connectivity index (χ4v) is 4.97. The third-order valence-corrected chi connectivity index (χ3v) is 6.31. The molecule has 2 aliphatic heterocycles. The van der Waals surface area contributed by atoms with E-state index in [-0.39, 0.29) is 17.9 Å². The maximum absolute atomic E-state index is 13.6. The van der Waals surface area contributed by atoms with Crippen molar-refractivity contribution in [2.45, 2.75) is 19.1 Å². The number of ether oxygens (including phenoxy) is 1. The molecule has 0 unspecified atom stereocenters. The van der Waals surface area contributed by atoms with Gasteiger partial charge in [0.15, 0.2) is 6.10 Å². The minimum Gasteiger partial charge on any atom is -0.492 e. The van der Waals surface area contributed by atoms with Crippen LogP contribution in [0.1, 0.15) is 17.8 Å². The van der Waals surface area contributed by atoms with Crippen LogP contribution < -0.4 is 14.7 Å². The van der Waals surface area contributed by atoms with Crippen LogP contribution in [0.25, 0.3) is 0 Å². The third-order valence-electron chi connectivity index (χ3n) is 5.37. The number of thiophene rings is 1. The summed E-state index contributed by atoms with van der Waals surface area (Å²) < 4.78 is 5.66. The molecule has 152 valence electrons. The first-order valence-corrected chi connectivity index (χ1v) is 10.7. The zero-order valence-electron chi connectivity index (χ0n) is 16.3. The topological polar surface area (TPSA) is 59.1 Å². The molecule has 3 aromatic rings. The summed E-state index contributed by atoms with van der Waals surface area (Å²) in [6.45, 7) is 2.31. The summed E-state index contributed by atoms with van der Waals surface area (Å²) in [5.74, 6) is -0.758. The molecule has 0 spiro atoms. The molecule has 2 aromatic carbocycles. The number of imide groups is 1. The summed E-state index contributed by atoms with van der Waals surface area (Å²) in [7, 11) is 0. The molecule has 3 heterocycles. The lowest BCUT2D eigenvalue weighted by Crippen LogP contribution is -2.37. The smallest absolute Gasteiger partial charge is 0.266 e. The van der Waals surface area contributed by atoms with Crippen molar-refractivity contribution in [3.05, 3.63) is 77.0 Å². The number of benzene rings is 2. The van der Waals surface area contributed by atoms with Gasteiger partial charge in [0.2, 0.25) is 5.91 Å². The monoisotopic (exact) mass is 420 g/mol. The molecule has 1 aromatic heterocycles. The lowest BCUT2D eigenvalue weighted by atomic mass is 9.95. The number of carbonyl (C=O) groups excluding carboxylic acids is 2. The van der Waals surface area contributed by atoms with Crippen LogP contribution >= 0.6 is 11.3 Å². The van der Waals surface area contributed by atoms with Crippen LogP contribution in [0.5, 0.6) is 5.75 Å². The van der Waals surface area contributed by atoms with E-state index in [1.807, 2.05) is 60.8 Å². The Balaban J connectivity index is 1.56. The number of rotatable bonds is 5. The Bertz CT molecular complexity index is 1070. The Labute approximate surface area is 178 Å². The van der Waals surface area contributed by atoms with Crippen LogP contribution in [-0.2, 0) is 14.4 Å². The number of hydrogen-bond donors (Lipinski definition) is 0. The first kappa shape index (κ1) is 18.8. The predicted octanol–water partition coefficient (Wildman–Crippen LogP) is 4.20. The van der Waals surface area contributed by atoms with E-state index in [1.54, 1.807) is 34.6 Å². The lowest BCUT2D eigenvalue weighted by Gasteiger charge is -2.28. The van der Waals surface area contributed by atoms with E-state index in [2.05, 4.69) is 0 Å². The molecule has 6 nitrogen and oxygen atoms in total. The van der Waals surface area contributed by atoms with E-state index < -0.39 is 12.0 Å². The minimum atomic E-state index is -0.875.